The van der Waals surface area contributed by atoms with Gasteiger partial charge in [-0.25, -0.2) is 4.98 Å². The van der Waals surface area contributed by atoms with E-state index >= 15 is 0 Å². The van der Waals surface area contributed by atoms with E-state index in [2.05, 4.69) is 42.0 Å². The number of benzene rings is 1. The van der Waals surface area contributed by atoms with Gasteiger partial charge in [-0.05, 0) is 49.2 Å². The zero-order chi connectivity index (χ0) is 12.5. The Morgan fingerprint density at radius 3 is 2.56 bits per heavy atom. The molecular formula is C16H14N2. The van der Waals surface area contributed by atoms with E-state index < -0.39 is 0 Å². The third kappa shape index (κ3) is 1.86. The van der Waals surface area contributed by atoms with Crippen LogP contribution in [-0.4, -0.2) is 9.97 Å². The number of pyridine rings is 2. The fourth-order valence-electron chi connectivity index (χ4n) is 2.16. The third-order valence-corrected chi connectivity index (χ3v) is 3.10. The lowest BCUT2D eigenvalue weighted by molar-refractivity contribution is 1.24. The summed E-state index contributed by atoms with van der Waals surface area (Å²) in [4.78, 5) is 9.08. The van der Waals surface area contributed by atoms with Crippen LogP contribution in [0.2, 0.25) is 0 Å². The van der Waals surface area contributed by atoms with Crippen LogP contribution in [0.15, 0.2) is 48.7 Å². The Labute approximate surface area is 106 Å². The Balaban J connectivity index is 2.24. The van der Waals surface area contributed by atoms with Crippen LogP contribution < -0.4 is 0 Å². The van der Waals surface area contributed by atoms with Gasteiger partial charge in [0.1, 0.15) is 0 Å². The molecule has 88 valence electrons. The molecule has 0 saturated heterocycles. The molecule has 2 heteroatoms. The lowest BCUT2D eigenvalue weighted by Gasteiger charge is -2.06. The van der Waals surface area contributed by atoms with Crippen molar-refractivity contribution in [2.24, 2.45) is 0 Å². The molecule has 3 aromatic rings. The molecule has 18 heavy (non-hydrogen) atoms. The summed E-state index contributed by atoms with van der Waals surface area (Å²) in [5, 5.41) is 1.20. The van der Waals surface area contributed by atoms with Gasteiger partial charge in [0.2, 0.25) is 0 Å². The van der Waals surface area contributed by atoms with Crippen molar-refractivity contribution in [1.82, 2.24) is 9.97 Å². The minimum absolute atomic E-state index is 0.934. The number of nitrogens with zero attached hydrogens (tertiary/aromatic N) is 2. The maximum Gasteiger partial charge on any atom is 0.0896 e. The predicted molar refractivity (Wildman–Crippen MR) is 74.4 cm³/mol. The molecule has 0 aliphatic rings. The minimum atomic E-state index is 0.934. The summed E-state index contributed by atoms with van der Waals surface area (Å²) >= 11 is 0. The molecule has 3 rings (SSSR count). The number of para-hydroxylation sites is 1. The second-order valence-electron chi connectivity index (χ2n) is 4.56. The monoisotopic (exact) mass is 234 g/mol. The van der Waals surface area contributed by atoms with Gasteiger partial charge >= 0.3 is 0 Å². The molecule has 0 radical (unpaired) electrons. The zero-order valence-corrected chi connectivity index (χ0v) is 10.5. The molecule has 2 heterocycles. The summed E-state index contributed by atoms with van der Waals surface area (Å²) in [6.07, 6.45) is 1.83. The number of aromatic nitrogens is 2. The van der Waals surface area contributed by atoms with Gasteiger partial charge in [-0.3, -0.25) is 4.98 Å². The first kappa shape index (κ1) is 10.9. The summed E-state index contributed by atoms with van der Waals surface area (Å²) in [6, 6.07) is 14.4. The van der Waals surface area contributed by atoms with Gasteiger partial charge in [0.25, 0.3) is 0 Å². The highest BCUT2D eigenvalue weighted by Crippen LogP contribution is 2.23. The molecule has 0 atom stereocenters. The summed E-state index contributed by atoms with van der Waals surface area (Å²) < 4.78 is 0. The summed E-state index contributed by atoms with van der Waals surface area (Å²) in [6.45, 7) is 4.18. The molecule has 2 aromatic heterocycles. The molecular weight excluding hydrogens is 220 g/mol. The van der Waals surface area contributed by atoms with E-state index in [9.17, 15) is 0 Å². The Bertz CT molecular complexity index is 717. The molecule has 0 N–H and O–H groups in total. The third-order valence-electron chi connectivity index (χ3n) is 3.10. The molecule has 2 nitrogen and oxygen atoms in total. The number of hydrogen-bond acceptors (Lipinski definition) is 2. The van der Waals surface area contributed by atoms with E-state index in [1.165, 1.54) is 16.5 Å². The number of fused-ring (bicyclic) bond motifs is 1. The first-order chi connectivity index (χ1) is 8.74. The van der Waals surface area contributed by atoms with Gasteiger partial charge < -0.3 is 0 Å². The first-order valence-corrected chi connectivity index (χ1v) is 6.03. The van der Waals surface area contributed by atoms with E-state index in [1.54, 1.807) is 0 Å². The standard InChI is InChI=1S/C16H14N2/c1-11-7-8-17-15(9-11)16-10-12(2)13-5-3-4-6-14(13)18-16/h3-10H,1-2H3. The summed E-state index contributed by atoms with van der Waals surface area (Å²) in [5.41, 5.74) is 5.33. The van der Waals surface area contributed by atoms with Gasteiger partial charge in [0, 0.05) is 11.6 Å². The quantitative estimate of drug-likeness (QED) is 0.638. The van der Waals surface area contributed by atoms with Gasteiger partial charge in [-0.15, -0.1) is 0 Å². The summed E-state index contributed by atoms with van der Waals surface area (Å²) in [7, 11) is 0. The van der Waals surface area contributed by atoms with Gasteiger partial charge in [-0.2, -0.15) is 0 Å². The average Bonchev–Trinajstić information content (AvgIpc) is 2.39. The lowest BCUT2D eigenvalue weighted by atomic mass is 10.1. The van der Waals surface area contributed by atoms with Crippen molar-refractivity contribution < 1.29 is 0 Å². The Kier molecular flexibility index (Phi) is 2.56. The van der Waals surface area contributed by atoms with Crippen molar-refractivity contribution in [2.75, 3.05) is 0 Å². The van der Waals surface area contributed by atoms with Crippen LogP contribution in [0.3, 0.4) is 0 Å². The first-order valence-electron chi connectivity index (χ1n) is 6.03. The second-order valence-corrected chi connectivity index (χ2v) is 4.56. The van der Waals surface area contributed by atoms with E-state index in [0.29, 0.717) is 0 Å². The molecule has 0 bridgehead atoms. The van der Waals surface area contributed by atoms with Crippen LogP contribution in [0.5, 0.6) is 0 Å². The molecule has 1 aromatic carbocycles. The van der Waals surface area contributed by atoms with Crippen molar-refractivity contribution in [3.63, 3.8) is 0 Å². The highest BCUT2D eigenvalue weighted by molar-refractivity contribution is 5.84. The Hall–Kier alpha value is -2.22. The fraction of sp³-hybridized carbons (Fsp3) is 0.125. The molecule has 0 saturated carbocycles. The van der Waals surface area contributed by atoms with Gasteiger partial charge in [-0.1, -0.05) is 18.2 Å². The number of hydrogen-bond donors (Lipinski definition) is 0. The highest BCUT2D eigenvalue weighted by Gasteiger charge is 2.05. The SMILES string of the molecule is Cc1ccnc(-c2cc(C)c3ccccc3n2)c1. The summed E-state index contributed by atoms with van der Waals surface area (Å²) in [5.74, 6) is 0. The number of rotatable bonds is 1. The minimum Gasteiger partial charge on any atom is -0.255 e. The van der Waals surface area contributed by atoms with Crippen LogP contribution in [0.25, 0.3) is 22.3 Å². The molecule has 0 fully saturated rings. The molecule has 0 unspecified atom stereocenters. The van der Waals surface area contributed by atoms with E-state index in [0.717, 1.165) is 16.9 Å². The Morgan fingerprint density at radius 2 is 1.72 bits per heavy atom. The fourth-order valence-corrected chi connectivity index (χ4v) is 2.16. The largest absolute Gasteiger partial charge is 0.255 e. The molecule has 0 aliphatic heterocycles. The lowest BCUT2D eigenvalue weighted by Crippen LogP contribution is -1.91. The smallest absolute Gasteiger partial charge is 0.0896 e. The Morgan fingerprint density at radius 1 is 0.889 bits per heavy atom. The van der Waals surface area contributed by atoms with Crippen molar-refractivity contribution in [1.29, 1.82) is 0 Å². The van der Waals surface area contributed by atoms with Crippen LogP contribution >= 0.6 is 0 Å². The molecule has 0 aliphatic carbocycles. The van der Waals surface area contributed by atoms with Gasteiger partial charge in [0.05, 0.1) is 16.9 Å². The maximum absolute atomic E-state index is 4.68. The van der Waals surface area contributed by atoms with Crippen molar-refractivity contribution >= 4 is 10.9 Å². The van der Waals surface area contributed by atoms with Crippen LogP contribution in [0.1, 0.15) is 11.1 Å². The number of aryl methyl sites for hydroxylation is 2. The molecule has 0 amide bonds. The van der Waals surface area contributed by atoms with E-state index in [-0.39, 0.29) is 0 Å². The predicted octanol–water partition coefficient (Wildman–Crippen LogP) is 3.91. The zero-order valence-electron chi connectivity index (χ0n) is 10.5. The second kappa shape index (κ2) is 4.22. The van der Waals surface area contributed by atoms with Crippen molar-refractivity contribution in [3.8, 4) is 11.4 Å². The van der Waals surface area contributed by atoms with Crippen LogP contribution in [-0.2, 0) is 0 Å². The van der Waals surface area contributed by atoms with Crippen molar-refractivity contribution in [2.45, 2.75) is 13.8 Å². The van der Waals surface area contributed by atoms with Crippen LogP contribution in [0.4, 0.5) is 0 Å². The van der Waals surface area contributed by atoms with Gasteiger partial charge in [0.15, 0.2) is 0 Å². The van der Waals surface area contributed by atoms with E-state index in [1.807, 2.05) is 30.5 Å². The average molecular weight is 234 g/mol. The van der Waals surface area contributed by atoms with Crippen molar-refractivity contribution in [3.05, 3.63) is 59.8 Å². The highest BCUT2D eigenvalue weighted by atomic mass is 14.8. The normalized spacial score (nSPS) is 10.8. The van der Waals surface area contributed by atoms with Crippen LogP contribution in [0, 0.1) is 13.8 Å². The topological polar surface area (TPSA) is 25.8 Å². The molecule has 0 spiro atoms. The maximum atomic E-state index is 4.68. The van der Waals surface area contributed by atoms with E-state index in [4.69, 9.17) is 0 Å².